The van der Waals surface area contributed by atoms with Crippen molar-refractivity contribution in [2.45, 2.75) is 4.90 Å². The number of rotatable bonds is 5. The number of H-pyrrole nitrogens is 1. The van der Waals surface area contributed by atoms with Crippen molar-refractivity contribution in [2.24, 2.45) is 0 Å². The lowest BCUT2D eigenvalue weighted by Gasteiger charge is -2.07. The molecule has 0 bridgehead atoms. The number of hydrogen-bond donors (Lipinski definition) is 2. The van der Waals surface area contributed by atoms with Gasteiger partial charge in [0.2, 0.25) is 5.95 Å². The number of benzene rings is 2. The molecule has 0 unspecified atom stereocenters. The minimum Gasteiger partial charge on any atom is -0.321 e. The third-order valence-corrected chi connectivity index (χ3v) is 6.70. The molecule has 0 atom stereocenters. The van der Waals surface area contributed by atoms with Crippen LogP contribution in [0, 0.1) is 0 Å². The molecule has 154 valence electrons. The summed E-state index contributed by atoms with van der Waals surface area (Å²) < 4.78 is 27.9. The van der Waals surface area contributed by atoms with Gasteiger partial charge in [-0.15, -0.1) is 0 Å². The summed E-state index contributed by atoms with van der Waals surface area (Å²) in [6.07, 6.45) is 6.28. The summed E-state index contributed by atoms with van der Waals surface area (Å²) in [4.78, 5) is 8.93. The number of aromatic nitrogens is 5. The molecule has 8 nitrogen and oxygen atoms in total. The fourth-order valence-electron chi connectivity index (χ4n) is 3.31. The van der Waals surface area contributed by atoms with Gasteiger partial charge in [0.15, 0.2) is 0 Å². The minimum atomic E-state index is -3.81. The van der Waals surface area contributed by atoms with Gasteiger partial charge >= 0.3 is 0 Å². The smallest absolute Gasteiger partial charge is 0.268 e. The van der Waals surface area contributed by atoms with E-state index in [0.29, 0.717) is 38.8 Å². The highest BCUT2D eigenvalue weighted by Crippen LogP contribution is 2.35. The van der Waals surface area contributed by atoms with Gasteiger partial charge in [0.25, 0.3) is 10.0 Å². The maximum atomic E-state index is 13.3. The molecular formula is C21H15ClN6O2S. The minimum absolute atomic E-state index is 0.193. The van der Waals surface area contributed by atoms with Crippen molar-refractivity contribution < 1.29 is 8.42 Å². The fraction of sp³-hybridized carbons (Fsp3) is 0. The molecule has 0 aliphatic carbocycles. The third-order valence-electron chi connectivity index (χ3n) is 4.73. The summed E-state index contributed by atoms with van der Waals surface area (Å²) in [7, 11) is -3.81. The Balaban J connectivity index is 1.69. The Labute approximate surface area is 182 Å². The number of para-hydroxylation sites is 1. The van der Waals surface area contributed by atoms with Crippen molar-refractivity contribution >= 4 is 44.2 Å². The van der Waals surface area contributed by atoms with Crippen LogP contribution < -0.4 is 5.32 Å². The number of aromatic amines is 1. The van der Waals surface area contributed by atoms with Gasteiger partial charge in [0, 0.05) is 23.3 Å². The Kier molecular flexibility index (Phi) is 4.68. The van der Waals surface area contributed by atoms with Crippen molar-refractivity contribution in [3.63, 3.8) is 0 Å². The summed E-state index contributed by atoms with van der Waals surface area (Å²) in [5.41, 5.74) is 2.21. The molecule has 5 rings (SSSR count). The summed E-state index contributed by atoms with van der Waals surface area (Å²) in [6.45, 7) is 0. The van der Waals surface area contributed by atoms with Gasteiger partial charge in [-0.25, -0.2) is 22.4 Å². The second kappa shape index (κ2) is 7.53. The first kappa shape index (κ1) is 19.3. The molecule has 0 radical (unpaired) electrons. The highest BCUT2D eigenvalue weighted by atomic mass is 35.5. The Morgan fingerprint density at radius 1 is 1.00 bits per heavy atom. The Morgan fingerprint density at radius 2 is 1.77 bits per heavy atom. The van der Waals surface area contributed by atoms with Crippen LogP contribution in [0.4, 0.5) is 11.6 Å². The SMILES string of the molecule is O=S(=O)(c1ccccc1)n1cc(-c2nc(Nc3cn[nH]c3)ncc2Cl)c2ccccc21. The van der Waals surface area contributed by atoms with E-state index >= 15 is 0 Å². The van der Waals surface area contributed by atoms with Crippen molar-refractivity contribution in [1.82, 2.24) is 24.1 Å². The van der Waals surface area contributed by atoms with E-state index in [9.17, 15) is 8.42 Å². The van der Waals surface area contributed by atoms with Gasteiger partial charge in [-0.2, -0.15) is 5.10 Å². The third kappa shape index (κ3) is 3.43. The molecule has 0 aliphatic heterocycles. The van der Waals surface area contributed by atoms with E-state index < -0.39 is 10.0 Å². The first-order valence-electron chi connectivity index (χ1n) is 9.23. The summed E-state index contributed by atoms with van der Waals surface area (Å²) in [6, 6.07) is 15.5. The molecule has 0 fully saturated rings. The van der Waals surface area contributed by atoms with Crippen LogP contribution in [0.2, 0.25) is 5.02 Å². The molecule has 3 heterocycles. The molecule has 2 N–H and O–H groups in total. The van der Waals surface area contributed by atoms with Crippen molar-refractivity contribution in [2.75, 3.05) is 5.32 Å². The van der Waals surface area contributed by atoms with E-state index in [4.69, 9.17) is 11.6 Å². The average molecular weight is 451 g/mol. The molecule has 0 saturated carbocycles. The quantitative estimate of drug-likeness (QED) is 0.409. The molecule has 0 aliphatic rings. The van der Waals surface area contributed by atoms with E-state index in [1.54, 1.807) is 61.1 Å². The molecule has 0 saturated heterocycles. The van der Waals surface area contributed by atoms with Crippen LogP contribution in [0.3, 0.4) is 0 Å². The van der Waals surface area contributed by atoms with Gasteiger partial charge in [0.05, 0.1) is 39.2 Å². The van der Waals surface area contributed by atoms with Gasteiger partial charge in [-0.05, 0) is 18.2 Å². The number of nitrogens with zero attached hydrogens (tertiary/aromatic N) is 4. The zero-order valence-corrected chi connectivity index (χ0v) is 17.5. The van der Waals surface area contributed by atoms with E-state index in [2.05, 4.69) is 25.5 Å². The molecule has 10 heteroatoms. The van der Waals surface area contributed by atoms with Crippen LogP contribution in [0.25, 0.3) is 22.2 Å². The van der Waals surface area contributed by atoms with Crippen LogP contribution in [-0.4, -0.2) is 32.6 Å². The highest BCUT2D eigenvalue weighted by molar-refractivity contribution is 7.90. The maximum absolute atomic E-state index is 13.3. The topological polar surface area (TPSA) is 106 Å². The second-order valence-corrected chi connectivity index (χ2v) is 8.90. The molecule has 0 amide bonds. The van der Waals surface area contributed by atoms with E-state index in [1.165, 1.54) is 10.2 Å². The van der Waals surface area contributed by atoms with Crippen LogP contribution in [-0.2, 0) is 10.0 Å². The average Bonchev–Trinajstić information content (AvgIpc) is 3.44. The lowest BCUT2D eigenvalue weighted by molar-refractivity contribution is 0.589. The van der Waals surface area contributed by atoms with E-state index in [-0.39, 0.29) is 4.90 Å². The van der Waals surface area contributed by atoms with Crippen LogP contribution in [0.15, 0.2) is 84.3 Å². The van der Waals surface area contributed by atoms with E-state index in [0.717, 1.165) is 0 Å². The second-order valence-electron chi connectivity index (χ2n) is 6.68. The predicted molar refractivity (Wildman–Crippen MR) is 119 cm³/mol. The number of hydrogen-bond acceptors (Lipinski definition) is 6. The normalized spacial score (nSPS) is 11.6. The molecule has 5 aromatic rings. The monoisotopic (exact) mass is 450 g/mol. The Morgan fingerprint density at radius 3 is 2.55 bits per heavy atom. The van der Waals surface area contributed by atoms with Gasteiger partial charge in [-0.3, -0.25) is 5.10 Å². The molecule has 2 aromatic carbocycles. The highest BCUT2D eigenvalue weighted by Gasteiger charge is 2.23. The zero-order chi connectivity index (χ0) is 21.4. The molecule has 31 heavy (non-hydrogen) atoms. The van der Waals surface area contributed by atoms with Crippen molar-refractivity contribution in [3.05, 3.63) is 84.4 Å². The lowest BCUT2D eigenvalue weighted by Crippen LogP contribution is -2.11. The van der Waals surface area contributed by atoms with Gasteiger partial charge in [-0.1, -0.05) is 48.0 Å². The summed E-state index contributed by atoms with van der Waals surface area (Å²) in [5.74, 6) is 0.309. The number of anilines is 2. The van der Waals surface area contributed by atoms with Crippen LogP contribution >= 0.6 is 11.6 Å². The number of nitrogens with one attached hydrogen (secondary N) is 2. The largest absolute Gasteiger partial charge is 0.321 e. The van der Waals surface area contributed by atoms with Crippen molar-refractivity contribution in [3.8, 4) is 11.3 Å². The van der Waals surface area contributed by atoms with Crippen LogP contribution in [0.5, 0.6) is 0 Å². The fourth-order valence-corrected chi connectivity index (χ4v) is 4.89. The Hall–Kier alpha value is -3.69. The zero-order valence-electron chi connectivity index (χ0n) is 15.9. The summed E-state index contributed by atoms with van der Waals surface area (Å²) in [5, 5.41) is 10.6. The number of halogens is 1. The summed E-state index contributed by atoms with van der Waals surface area (Å²) >= 11 is 6.42. The van der Waals surface area contributed by atoms with Crippen LogP contribution in [0.1, 0.15) is 0 Å². The lowest BCUT2D eigenvalue weighted by atomic mass is 10.1. The maximum Gasteiger partial charge on any atom is 0.268 e. The first-order chi connectivity index (χ1) is 15.0. The molecule has 0 spiro atoms. The molecule has 3 aromatic heterocycles. The predicted octanol–water partition coefficient (Wildman–Crippen LogP) is 4.46. The first-order valence-corrected chi connectivity index (χ1v) is 11.1. The van der Waals surface area contributed by atoms with E-state index in [1.807, 2.05) is 12.1 Å². The number of fused-ring (bicyclic) bond motifs is 1. The van der Waals surface area contributed by atoms with Gasteiger partial charge < -0.3 is 5.32 Å². The Bertz CT molecular complexity index is 1480. The van der Waals surface area contributed by atoms with Gasteiger partial charge in [0.1, 0.15) is 0 Å². The van der Waals surface area contributed by atoms with Crippen molar-refractivity contribution in [1.29, 1.82) is 0 Å². The molecular weight excluding hydrogens is 436 g/mol. The standard InChI is InChI=1S/C21H15ClN6O2S/c22-18-12-23-21(26-14-10-24-25-11-14)27-20(18)17-13-28(19-9-5-4-8-16(17)19)31(29,30)15-6-2-1-3-7-15/h1-13H,(H,24,25)(H,23,26,27).